The van der Waals surface area contributed by atoms with Crippen molar-refractivity contribution >= 4 is 11.7 Å². The summed E-state index contributed by atoms with van der Waals surface area (Å²) in [5, 5.41) is 12.1. The number of aryl methyl sites for hydroxylation is 1. The quantitative estimate of drug-likeness (QED) is 0.369. The third-order valence-corrected chi connectivity index (χ3v) is 3.89. The minimum absolute atomic E-state index is 0.132. The Kier molecular flexibility index (Phi) is 4.24. The maximum Gasteiger partial charge on any atom is 0.174 e. The first-order valence-corrected chi connectivity index (χ1v) is 6.85. The van der Waals surface area contributed by atoms with E-state index in [2.05, 4.69) is 22.0 Å². The number of aromatic nitrogens is 1. The second-order valence-electron chi connectivity index (χ2n) is 5.15. The Hall–Kier alpha value is -1.78. The van der Waals surface area contributed by atoms with E-state index in [1.165, 1.54) is 19.3 Å². The summed E-state index contributed by atoms with van der Waals surface area (Å²) in [5.74, 6) is 1.71. The summed E-state index contributed by atoms with van der Waals surface area (Å²) in [6.45, 7) is 5.94. The summed E-state index contributed by atoms with van der Waals surface area (Å²) in [6.07, 6.45) is 5.70. The van der Waals surface area contributed by atoms with E-state index in [0.717, 1.165) is 36.0 Å². The van der Waals surface area contributed by atoms with E-state index in [-0.39, 0.29) is 5.84 Å². The Bertz CT molecular complexity index is 469. The van der Waals surface area contributed by atoms with Crippen LogP contribution in [-0.2, 0) is 0 Å². The highest BCUT2D eigenvalue weighted by atomic mass is 16.4. The lowest BCUT2D eigenvalue weighted by molar-refractivity contribution is 0.317. The molecule has 0 aromatic carbocycles. The highest BCUT2D eigenvalue weighted by molar-refractivity contribution is 6.02. The van der Waals surface area contributed by atoms with Crippen molar-refractivity contribution in [1.29, 1.82) is 0 Å². The number of nitrogens with zero attached hydrogens (tertiary/aromatic N) is 3. The molecule has 1 aromatic heterocycles. The van der Waals surface area contributed by atoms with Crippen LogP contribution in [-0.4, -0.2) is 29.1 Å². The van der Waals surface area contributed by atoms with Gasteiger partial charge in [-0.05, 0) is 44.2 Å². The number of rotatable bonds is 5. The third kappa shape index (κ3) is 2.80. The molecule has 1 fully saturated rings. The zero-order valence-corrected chi connectivity index (χ0v) is 11.6. The number of pyridine rings is 1. The molecule has 104 valence electrons. The molecular formula is C14H22N4O. The predicted octanol–water partition coefficient (Wildman–Crippen LogP) is 2.11. The van der Waals surface area contributed by atoms with Crippen LogP contribution in [0.1, 0.15) is 37.3 Å². The van der Waals surface area contributed by atoms with Crippen LogP contribution in [0.25, 0.3) is 0 Å². The molecule has 1 heterocycles. The van der Waals surface area contributed by atoms with E-state index in [9.17, 15) is 0 Å². The second kappa shape index (κ2) is 5.91. The number of anilines is 1. The van der Waals surface area contributed by atoms with Crippen molar-refractivity contribution < 1.29 is 5.21 Å². The normalized spacial score (nSPS) is 16.2. The van der Waals surface area contributed by atoms with Gasteiger partial charge >= 0.3 is 0 Å². The molecule has 0 saturated heterocycles. The van der Waals surface area contributed by atoms with Crippen LogP contribution >= 0.6 is 0 Å². The van der Waals surface area contributed by atoms with Gasteiger partial charge in [0, 0.05) is 19.3 Å². The van der Waals surface area contributed by atoms with Gasteiger partial charge in [-0.3, -0.25) is 0 Å². The van der Waals surface area contributed by atoms with Gasteiger partial charge in [-0.2, -0.15) is 0 Å². The van der Waals surface area contributed by atoms with Gasteiger partial charge in [-0.15, -0.1) is 0 Å². The first kappa shape index (κ1) is 13.6. The lowest BCUT2D eigenvalue weighted by atomic mass is 9.85. The maximum absolute atomic E-state index is 8.95. The Morgan fingerprint density at radius 2 is 2.32 bits per heavy atom. The van der Waals surface area contributed by atoms with Gasteiger partial charge < -0.3 is 15.8 Å². The van der Waals surface area contributed by atoms with Crippen molar-refractivity contribution in [2.75, 3.05) is 18.0 Å². The van der Waals surface area contributed by atoms with Crippen molar-refractivity contribution in [2.45, 2.75) is 33.1 Å². The number of amidine groups is 1. The average Bonchev–Trinajstić information content (AvgIpc) is 2.37. The molecule has 2 rings (SSSR count). The highest BCUT2D eigenvalue weighted by Gasteiger charge is 2.23. The van der Waals surface area contributed by atoms with Crippen LogP contribution in [0, 0.1) is 12.8 Å². The van der Waals surface area contributed by atoms with Crippen molar-refractivity contribution in [1.82, 2.24) is 4.98 Å². The maximum atomic E-state index is 8.95. The third-order valence-electron chi connectivity index (χ3n) is 3.89. The van der Waals surface area contributed by atoms with E-state index in [1.54, 1.807) is 6.20 Å². The van der Waals surface area contributed by atoms with Crippen LogP contribution in [0.3, 0.4) is 0 Å². The van der Waals surface area contributed by atoms with Crippen LogP contribution in [0.2, 0.25) is 0 Å². The van der Waals surface area contributed by atoms with Gasteiger partial charge in [0.1, 0.15) is 5.82 Å². The summed E-state index contributed by atoms with van der Waals surface area (Å²) in [7, 11) is 0. The fourth-order valence-electron chi connectivity index (χ4n) is 2.50. The standard InChI is InChI=1S/C14H22N4O/c1-3-18(9-11-5-4-6-11)14-12(13(15)17-19)10(2)7-8-16-14/h7-8,11,19H,3-6,9H2,1-2H3,(H2,15,17). The topological polar surface area (TPSA) is 74.7 Å². The van der Waals surface area contributed by atoms with Crippen molar-refractivity contribution in [3.05, 3.63) is 23.4 Å². The van der Waals surface area contributed by atoms with Crippen LogP contribution < -0.4 is 10.6 Å². The molecule has 0 unspecified atom stereocenters. The minimum atomic E-state index is 0.132. The molecule has 3 N–H and O–H groups in total. The summed E-state index contributed by atoms with van der Waals surface area (Å²) in [6, 6.07) is 1.88. The van der Waals surface area contributed by atoms with E-state index < -0.39 is 0 Å². The molecule has 19 heavy (non-hydrogen) atoms. The Labute approximate surface area is 114 Å². The molecule has 0 bridgehead atoms. The monoisotopic (exact) mass is 262 g/mol. The van der Waals surface area contributed by atoms with Gasteiger partial charge in [0.25, 0.3) is 0 Å². The van der Waals surface area contributed by atoms with Gasteiger partial charge in [-0.25, -0.2) is 4.98 Å². The number of hydrogen-bond acceptors (Lipinski definition) is 4. The van der Waals surface area contributed by atoms with Crippen LogP contribution in [0.4, 0.5) is 5.82 Å². The molecule has 5 nitrogen and oxygen atoms in total. The Morgan fingerprint density at radius 1 is 1.58 bits per heavy atom. The Morgan fingerprint density at radius 3 is 2.84 bits per heavy atom. The Balaban J connectivity index is 2.32. The number of hydrogen-bond donors (Lipinski definition) is 2. The molecule has 1 saturated carbocycles. The first-order valence-electron chi connectivity index (χ1n) is 6.85. The molecule has 1 aromatic rings. The summed E-state index contributed by atoms with van der Waals surface area (Å²) < 4.78 is 0. The molecule has 0 amide bonds. The molecule has 0 spiro atoms. The summed E-state index contributed by atoms with van der Waals surface area (Å²) >= 11 is 0. The number of nitrogens with two attached hydrogens (primary N) is 1. The van der Waals surface area contributed by atoms with E-state index in [1.807, 2.05) is 13.0 Å². The predicted molar refractivity (Wildman–Crippen MR) is 76.7 cm³/mol. The molecule has 0 atom stereocenters. The van der Waals surface area contributed by atoms with Crippen molar-refractivity contribution in [3.8, 4) is 0 Å². The highest BCUT2D eigenvalue weighted by Crippen LogP contribution is 2.29. The molecule has 1 aliphatic carbocycles. The van der Waals surface area contributed by atoms with E-state index >= 15 is 0 Å². The summed E-state index contributed by atoms with van der Waals surface area (Å²) in [4.78, 5) is 6.67. The average molecular weight is 262 g/mol. The van der Waals surface area contributed by atoms with Gasteiger partial charge in [0.15, 0.2) is 5.84 Å². The minimum Gasteiger partial charge on any atom is -0.409 e. The summed E-state index contributed by atoms with van der Waals surface area (Å²) in [5.41, 5.74) is 7.52. The SMILES string of the molecule is CCN(CC1CCC1)c1nccc(C)c1/C(N)=N/O. The largest absolute Gasteiger partial charge is 0.409 e. The second-order valence-corrected chi connectivity index (χ2v) is 5.15. The van der Waals surface area contributed by atoms with E-state index in [0.29, 0.717) is 0 Å². The smallest absolute Gasteiger partial charge is 0.174 e. The molecular weight excluding hydrogens is 240 g/mol. The van der Waals surface area contributed by atoms with Crippen LogP contribution in [0.15, 0.2) is 17.4 Å². The van der Waals surface area contributed by atoms with Crippen molar-refractivity contribution in [2.24, 2.45) is 16.8 Å². The zero-order valence-electron chi connectivity index (χ0n) is 11.6. The molecule has 0 aliphatic heterocycles. The molecule has 5 heteroatoms. The first-order chi connectivity index (χ1) is 9.17. The zero-order chi connectivity index (χ0) is 13.8. The van der Waals surface area contributed by atoms with Gasteiger partial charge in [0.05, 0.1) is 5.56 Å². The van der Waals surface area contributed by atoms with E-state index in [4.69, 9.17) is 10.9 Å². The lowest BCUT2D eigenvalue weighted by Crippen LogP contribution is -2.35. The van der Waals surface area contributed by atoms with Gasteiger partial charge in [0.2, 0.25) is 0 Å². The van der Waals surface area contributed by atoms with Crippen molar-refractivity contribution in [3.63, 3.8) is 0 Å². The fourth-order valence-corrected chi connectivity index (χ4v) is 2.50. The van der Waals surface area contributed by atoms with Gasteiger partial charge in [-0.1, -0.05) is 11.6 Å². The molecule has 0 radical (unpaired) electrons. The molecule has 1 aliphatic rings. The van der Waals surface area contributed by atoms with Crippen LogP contribution in [0.5, 0.6) is 0 Å². The number of oxime groups is 1. The fraction of sp³-hybridized carbons (Fsp3) is 0.571. The lowest BCUT2D eigenvalue weighted by Gasteiger charge is -2.33.